The fraction of sp³-hybridized carbons (Fsp3) is 0.400. The van der Waals surface area contributed by atoms with Gasteiger partial charge in [0.25, 0.3) is 5.69 Å². The Kier molecular flexibility index (Phi) is 4.51. The molecule has 0 aromatic heterocycles. The summed E-state index contributed by atoms with van der Waals surface area (Å²) in [5.74, 6) is 0. The Hall–Kier alpha value is -1.22. The van der Waals surface area contributed by atoms with E-state index < -0.39 is 27.1 Å². The van der Waals surface area contributed by atoms with E-state index >= 15 is 0 Å². The van der Waals surface area contributed by atoms with Crippen LogP contribution in [-0.4, -0.2) is 30.6 Å². The molecule has 1 aromatic rings. The molecule has 0 unspecified atom stereocenters. The molecule has 19 heavy (non-hydrogen) atoms. The first-order valence-corrected chi connectivity index (χ1v) is 7.04. The van der Waals surface area contributed by atoms with Crippen molar-refractivity contribution in [1.29, 1.82) is 0 Å². The van der Waals surface area contributed by atoms with Gasteiger partial charge >= 0.3 is 0 Å². The van der Waals surface area contributed by atoms with E-state index in [4.69, 9.17) is 16.7 Å². The topological polar surface area (TPSA) is 110 Å². The molecule has 0 atom stereocenters. The van der Waals surface area contributed by atoms with Crippen molar-refractivity contribution >= 4 is 27.3 Å². The quantitative estimate of drug-likeness (QED) is 0.629. The fourth-order valence-corrected chi connectivity index (χ4v) is 3.22. The average molecular weight is 309 g/mol. The van der Waals surface area contributed by atoms with Crippen molar-refractivity contribution in [3.63, 3.8) is 0 Å². The molecule has 0 aliphatic carbocycles. The first-order valence-electron chi connectivity index (χ1n) is 5.18. The lowest BCUT2D eigenvalue weighted by atomic mass is 10.1. The van der Waals surface area contributed by atoms with Crippen LogP contribution in [0.5, 0.6) is 0 Å². The predicted octanol–water partition coefficient (Wildman–Crippen LogP) is 1.30. The van der Waals surface area contributed by atoms with Crippen molar-refractivity contribution in [3.8, 4) is 0 Å². The highest BCUT2D eigenvalue weighted by Gasteiger charge is 2.27. The van der Waals surface area contributed by atoms with Gasteiger partial charge in [-0.3, -0.25) is 10.1 Å². The summed E-state index contributed by atoms with van der Waals surface area (Å²) in [6.07, 6.45) is 0. The number of nitrogens with zero attached hydrogens (tertiary/aromatic N) is 1. The largest absolute Gasteiger partial charge is 0.394 e. The summed E-state index contributed by atoms with van der Waals surface area (Å²) in [7, 11) is -3.97. The zero-order valence-corrected chi connectivity index (χ0v) is 11.8. The van der Waals surface area contributed by atoms with Crippen molar-refractivity contribution in [1.82, 2.24) is 4.72 Å². The summed E-state index contributed by atoms with van der Waals surface area (Å²) >= 11 is 5.74. The molecular weight excluding hydrogens is 296 g/mol. The minimum absolute atomic E-state index is 0.254. The van der Waals surface area contributed by atoms with E-state index in [0.717, 1.165) is 18.2 Å². The lowest BCUT2D eigenvalue weighted by molar-refractivity contribution is -0.384. The molecule has 9 heteroatoms. The maximum Gasteiger partial charge on any atom is 0.271 e. The van der Waals surface area contributed by atoms with Crippen molar-refractivity contribution in [2.45, 2.75) is 24.3 Å². The molecular formula is C10H13ClN2O5S. The molecule has 0 aliphatic rings. The number of non-ortho nitro benzene ring substituents is 1. The van der Waals surface area contributed by atoms with Gasteiger partial charge in [0.2, 0.25) is 10.0 Å². The Labute approximate surface area is 115 Å². The van der Waals surface area contributed by atoms with Crippen LogP contribution in [0.25, 0.3) is 0 Å². The van der Waals surface area contributed by atoms with E-state index in [9.17, 15) is 18.5 Å². The summed E-state index contributed by atoms with van der Waals surface area (Å²) in [5.41, 5.74) is -1.37. The van der Waals surface area contributed by atoms with Gasteiger partial charge in [-0.15, -0.1) is 0 Å². The third kappa shape index (κ3) is 3.87. The Morgan fingerprint density at radius 1 is 1.47 bits per heavy atom. The second kappa shape index (κ2) is 5.41. The van der Waals surface area contributed by atoms with Crippen molar-refractivity contribution in [2.24, 2.45) is 0 Å². The van der Waals surface area contributed by atoms with Gasteiger partial charge in [-0.1, -0.05) is 11.6 Å². The first-order chi connectivity index (χ1) is 8.59. The fourth-order valence-electron chi connectivity index (χ4n) is 1.27. The highest BCUT2D eigenvalue weighted by Crippen LogP contribution is 2.26. The van der Waals surface area contributed by atoms with Gasteiger partial charge in [0.05, 0.1) is 22.1 Å². The Morgan fingerprint density at radius 3 is 2.47 bits per heavy atom. The van der Waals surface area contributed by atoms with Crippen LogP contribution >= 0.6 is 11.6 Å². The maximum atomic E-state index is 12.0. The summed E-state index contributed by atoms with van der Waals surface area (Å²) in [6, 6.07) is 3.06. The van der Waals surface area contributed by atoms with E-state index in [1.165, 1.54) is 13.8 Å². The summed E-state index contributed by atoms with van der Waals surface area (Å²) in [4.78, 5) is 9.59. The molecule has 1 rings (SSSR count). The number of hydrogen-bond acceptors (Lipinski definition) is 5. The molecule has 2 N–H and O–H groups in total. The minimum Gasteiger partial charge on any atom is -0.394 e. The second-order valence-electron chi connectivity index (χ2n) is 4.52. The van der Waals surface area contributed by atoms with Gasteiger partial charge in [-0.05, 0) is 19.9 Å². The third-order valence-corrected chi connectivity index (χ3v) is 4.40. The summed E-state index contributed by atoms with van der Waals surface area (Å²) < 4.78 is 26.3. The molecule has 106 valence electrons. The molecule has 0 spiro atoms. The second-order valence-corrected chi connectivity index (χ2v) is 6.58. The number of hydrogen-bond donors (Lipinski definition) is 2. The van der Waals surface area contributed by atoms with E-state index in [0.29, 0.717) is 0 Å². The van der Waals surface area contributed by atoms with Crippen LogP contribution in [0.3, 0.4) is 0 Å². The normalized spacial score (nSPS) is 12.4. The van der Waals surface area contributed by atoms with Gasteiger partial charge in [-0.2, -0.15) is 0 Å². The first kappa shape index (κ1) is 15.8. The Balaban J connectivity index is 3.20. The van der Waals surface area contributed by atoms with Crippen LogP contribution in [-0.2, 0) is 10.0 Å². The molecule has 1 aromatic carbocycles. The number of nitro groups is 1. The van der Waals surface area contributed by atoms with Crippen LogP contribution in [0.4, 0.5) is 5.69 Å². The highest BCUT2D eigenvalue weighted by atomic mass is 35.5. The van der Waals surface area contributed by atoms with Crippen LogP contribution in [0.2, 0.25) is 5.02 Å². The molecule has 0 fully saturated rings. The molecule has 0 amide bonds. The van der Waals surface area contributed by atoms with E-state index in [2.05, 4.69) is 4.72 Å². The predicted molar refractivity (Wildman–Crippen MR) is 69.6 cm³/mol. The van der Waals surface area contributed by atoms with Crippen LogP contribution < -0.4 is 4.72 Å². The SMILES string of the molecule is CC(C)(CO)NS(=O)(=O)c1ccc([N+](=O)[O-])cc1Cl. The zero-order valence-electron chi connectivity index (χ0n) is 10.3. The molecule has 0 aliphatic heterocycles. The Bertz CT molecular complexity index is 600. The van der Waals surface area contributed by atoms with Crippen molar-refractivity contribution in [3.05, 3.63) is 33.3 Å². The van der Waals surface area contributed by atoms with Crippen LogP contribution in [0.15, 0.2) is 23.1 Å². The molecule has 0 heterocycles. The number of aliphatic hydroxyl groups is 1. The minimum atomic E-state index is -3.97. The molecule has 0 radical (unpaired) electrons. The molecule has 0 saturated heterocycles. The van der Waals surface area contributed by atoms with Crippen LogP contribution in [0, 0.1) is 10.1 Å². The van der Waals surface area contributed by atoms with E-state index in [1.807, 2.05) is 0 Å². The number of benzene rings is 1. The molecule has 0 bridgehead atoms. The van der Waals surface area contributed by atoms with Crippen molar-refractivity contribution < 1.29 is 18.4 Å². The maximum absolute atomic E-state index is 12.0. The van der Waals surface area contributed by atoms with Gasteiger partial charge in [0, 0.05) is 12.1 Å². The average Bonchev–Trinajstić information content (AvgIpc) is 2.27. The highest BCUT2D eigenvalue weighted by molar-refractivity contribution is 7.89. The van der Waals surface area contributed by atoms with Crippen molar-refractivity contribution in [2.75, 3.05) is 6.61 Å². The number of nitro benzene ring substituents is 1. The standard InChI is InChI=1S/C10H13ClN2O5S/c1-10(2,6-14)12-19(17,18)9-4-3-7(13(15)16)5-8(9)11/h3-5,12,14H,6H2,1-2H3. The lowest BCUT2D eigenvalue weighted by Crippen LogP contribution is -2.46. The van der Waals surface area contributed by atoms with Crippen LogP contribution in [0.1, 0.15) is 13.8 Å². The molecule has 7 nitrogen and oxygen atoms in total. The third-order valence-electron chi connectivity index (χ3n) is 2.22. The zero-order chi connectivity index (χ0) is 14.8. The van der Waals surface area contributed by atoms with Gasteiger partial charge in [0.15, 0.2) is 0 Å². The van der Waals surface area contributed by atoms with Gasteiger partial charge in [-0.25, -0.2) is 13.1 Å². The summed E-state index contributed by atoms with van der Waals surface area (Å²) in [5, 5.41) is 19.3. The lowest BCUT2D eigenvalue weighted by Gasteiger charge is -2.23. The number of nitrogens with one attached hydrogen (secondary N) is 1. The number of aliphatic hydroxyl groups excluding tert-OH is 1. The Morgan fingerprint density at radius 2 is 2.05 bits per heavy atom. The van der Waals surface area contributed by atoms with E-state index in [1.54, 1.807) is 0 Å². The van der Waals surface area contributed by atoms with E-state index in [-0.39, 0.29) is 15.6 Å². The summed E-state index contributed by atoms with van der Waals surface area (Å²) in [6.45, 7) is 2.57. The smallest absolute Gasteiger partial charge is 0.271 e. The number of sulfonamides is 1. The number of rotatable bonds is 5. The van der Waals surface area contributed by atoms with Gasteiger partial charge < -0.3 is 5.11 Å². The molecule has 0 saturated carbocycles. The van der Waals surface area contributed by atoms with Gasteiger partial charge in [0.1, 0.15) is 4.90 Å². The monoisotopic (exact) mass is 308 g/mol. The number of halogens is 1.